The second kappa shape index (κ2) is 5.94. The fraction of sp³-hybridized carbons (Fsp3) is 0.562. The van der Waals surface area contributed by atoms with E-state index in [4.69, 9.17) is 5.73 Å². The molecule has 1 aromatic rings. The van der Waals surface area contributed by atoms with Gasteiger partial charge >= 0.3 is 0 Å². The minimum absolute atomic E-state index is 0.126. The van der Waals surface area contributed by atoms with Gasteiger partial charge in [0.25, 0.3) is 5.91 Å². The van der Waals surface area contributed by atoms with Crippen molar-refractivity contribution in [2.45, 2.75) is 31.8 Å². The molecule has 0 bridgehead atoms. The van der Waals surface area contributed by atoms with Crippen LogP contribution in [0.4, 0.5) is 0 Å². The summed E-state index contributed by atoms with van der Waals surface area (Å²) >= 11 is 0. The van der Waals surface area contributed by atoms with Crippen LogP contribution < -0.4 is 5.73 Å². The van der Waals surface area contributed by atoms with Crippen molar-refractivity contribution in [2.75, 3.05) is 26.2 Å². The molecule has 2 aliphatic rings. The minimum Gasteiger partial charge on any atom is -0.337 e. The summed E-state index contributed by atoms with van der Waals surface area (Å²) in [4.78, 5) is 16.8. The highest BCUT2D eigenvalue weighted by molar-refractivity contribution is 5.94. The molecule has 3 rings (SSSR count). The van der Waals surface area contributed by atoms with E-state index in [0.717, 1.165) is 25.1 Å². The Morgan fingerprint density at radius 2 is 2.05 bits per heavy atom. The number of nitrogens with two attached hydrogens (primary N) is 1. The van der Waals surface area contributed by atoms with Crippen molar-refractivity contribution >= 4 is 5.91 Å². The van der Waals surface area contributed by atoms with Gasteiger partial charge < -0.3 is 10.6 Å². The lowest BCUT2D eigenvalue weighted by Crippen LogP contribution is -2.32. The van der Waals surface area contributed by atoms with Gasteiger partial charge in [0, 0.05) is 31.2 Å². The lowest BCUT2D eigenvalue weighted by atomic mass is 10.1. The number of hydrogen-bond donors (Lipinski definition) is 1. The molecule has 0 unspecified atom stereocenters. The van der Waals surface area contributed by atoms with E-state index < -0.39 is 0 Å². The van der Waals surface area contributed by atoms with Crippen LogP contribution in [0.5, 0.6) is 0 Å². The van der Waals surface area contributed by atoms with Crippen LogP contribution in [-0.2, 0) is 6.54 Å². The van der Waals surface area contributed by atoms with E-state index in [-0.39, 0.29) is 11.9 Å². The van der Waals surface area contributed by atoms with Gasteiger partial charge in [-0.25, -0.2) is 0 Å². The van der Waals surface area contributed by atoms with E-state index >= 15 is 0 Å². The molecule has 4 nitrogen and oxygen atoms in total. The molecule has 108 valence electrons. The average molecular weight is 273 g/mol. The lowest BCUT2D eigenvalue weighted by Gasteiger charge is -2.18. The van der Waals surface area contributed by atoms with Gasteiger partial charge in [0.2, 0.25) is 0 Å². The third-order valence-corrected chi connectivity index (χ3v) is 4.29. The van der Waals surface area contributed by atoms with E-state index in [1.807, 2.05) is 23.1 Å². The Labute approximate surface area is 120 Å². The van der Waals surface area contributed by atoms with Gasteiger partial charge in [0.15, 0.2) is 0 Å². The van der Waals surface area contributed by atoms with Crippen molar-refractivity contribution in [3.63, 3.8) is 0 Å². The molecule has 1 amide bonds. The predicted molar refractivity (Wildman–Crippen MR) is 79.4 cm³/mol. The van der Waals surface area contributed by atoms with E-state index in [1.165, 1.54) is 31.5 Å². The van der Waals surface area contributed by atoms with Gasteiger partial charge in [-0.3, -0.25) is 9.69 Å². The molecule has 2 fully saturated rings. The molecule has 20 heavy (non-hydrogen) atoms. The first-order valence-electron chi connectivity index (χ1n) is 7.58. The summed E-state index contributed by atoms with van der Waals surface area (Å²) in [5.74, 6) is 0.126. The first kappa shape index (κ1) is 13.6. The molecule has 1 atom stereocenters. The standard InChI is InChI=1S/C16H23N3O/c17-15-6-9-19(12-15)16(20)14-5-3-4-13(10-14)11-18-7-1-2-8-18/h3-5,10,15H,1-2,6-9,11-12,17H2/t15-/m0/s1. The Morgan fingerprint density at radius 1 is 1.25 bits per heavy atom. The van der Waals surface area contributed by atoms with Crippen LogP contribution in [0.3, 0.4) is 0 Å². The number of likely N-dealkylation sites (tertiary alicyclic amines) is 2. The first-order valence-corrected chi connectivity index (χ1v) is 7.58. The Balaban J connectivity index is 1.68. The van der Waals surface area contributed by atoms with Gasteiger partial charge in [-0.15, -0.1) is 0 Å². The quantitative estimate of drug-likeness (QED) is 0.907. The molecule has 0 spiro atoms. The Hall–Kier alpha value is -1.39. The monoisotopic (exact) mass is 273 g/mol. The van der Waals surface area contributed by atoms with Crippen molar-refractivity contribution in [2.24, 2.45) is 5.73 Å². The van der Waals surface area contributed by atoms with E-state index in [1.54, 1.807) is 0 Å². The number of rotatable bonds is 3. The van der Waals surface area contributed by atoms with Crippen molar-refractivity contribution in [1.29, 1.82) is 0 Å². The molecule has 2 aliphatic heterocycles. The number of carbonyl (C=O) groups excluding carboxylic acids is 1. The van der Waals surface area contributed by atoms with Gasteiger partial charge in [-0.05, 0) is 50.0 Å². The van der Waals surface area contributed by atoms with Crippen LogP contribution in [0, 0.1) is 0 Å². The fourth-order valence-corrected chi connectivity index (χ4v) is 3.16. The highest BCUT2D eigenvalue weighted by Gasteiger charge is 2.24. The van der Waals surface area contributed by atoms with Crippen molar-refractivity contribution < 1.29 is 4.79 Å². The Morgan fingerprint density at radius 3 is 2.75 bits per heavy atom. The maximum Gasteiger partial charge on any atom is 0.253 e. The largest absolute Gasteiger partial charge is 0.337 e. The molecule has 2 heterocycles. The topological polar surface area (TPSA) is 49.6 Å². The summed E-state index contributed by atoms with van der Waals surface area (Å²) in [6.45, 7) is 4.80. The zero-order chi connectivity index (χ0) is 13.9. The number of carbonyl (C=O) groups is 1. The fourth-order valence-electron chi connectivity index (χ4n) is 3.16. The molecule has 0 radical (unpaired) electrons. The van der Waals surface area contributed by atoms with Crippen LogP contribution in [0.2, 0.25) is 0 Å². The van der Waals surface area contributed by atoms with Gasteiger partial charge in [-0.1, -0.05) is 12.1 Å². The first-order chi connectivity index (χ1) is 9.72. The van der Waals surface area contributed by atoms with Crippen LogP contribution in [0.15, 0.2) is 24.3 Å². The van der Waals surface area contributed by atoms with E-state index in [9.17, 15) is 4.79 Å². The maximum atomic E-state index is 12.4. The predicted octanol–water partition coefficient (Wildman–Crippen LogP) is 1.46. The second-order valence-corrected chi connectivity index (χ2v) is 5.98. The number of benzene rings is 1. The second-order valence-electron chi connectivity index (χ2n) is 5.98. The average Bonchev–Trinajstić information content (AvgIpc) is 3.10. The third kappa shape index (κ3) is 3.02. The highest BCUT2D eigenvalue weighted by atomic mass is 16.2. The van der Waals surface area contributed by atoms with E-state index in [2.05, 4.69) is 11.0 Å². The molecule has 0 aliphatic carbocycles. The summed E-state index contributed by atoms with van der Waals surface area (Å²) < 4.78 is 0. The number of nitrogens with zero attached hydrogens (tertiary/aromatic N) is 2. The molecule has 1 aromatic carbocycles. The zero-order valence-electron chi connectivity index (χ0n) is 11.9. The van der Waals surface area contributed by atoms with Gasteiger partial charge in [0.1, 0.15) is 0 Å². The molecule has 2 saturated heterocycles. The van der Waals surface area contributed by atoms with Crippen molar-refractivity contribution in [3.05, 3.63) is 35.4 Å². The summed E-state index contributed by atoms with van der Waals surface area (Å²) in [6, 6.07) is 8.22. The number of hydrogen-bond acceptors (Lipinski definition) is 3. The summed E-state index contributed by atoms with van der Waals surface area (Å²) in [7, 11) is 0. The normalized spacial score (nSPS) is 23.4. The zero-order valence-corrected chi connectivity index (χ0v) is 11.9. The molecule has 0 aromatic heterocycles. The van der Waals surface area contributed by atoms with E-state index in [0.29, 0.717) is 6.54 Å². The van der Waals surface area contributed by atoms with Gasteiger partial charge in [-0.2, -0.15) is 0 Å². The van der Waals surface area contributed by atoms with Crippen LogP contribution >= 0.6 is 0 Å². The molecule has 4 heteroatoms. The summed E-state index contributed by atoms with van der Waals surface area (Å²) in [6.07, 6.45) is 3.51. The maximum absolute atomic E-state index is 12.4. The molecule has 0 saturated carbocycles. The van der Waals surface area contributed by atoms with Crippen LogP contribution in [0.1, 0.15) is 35.2 Å². The number of amides is 1. The lowest BCUT2D eigenvalue weighted by molar-refractivity contribution is 0.0790. The van der Waals surface area contributed by atoms with Crippen molar-refractivity contribution in [1.82, 2.24) is 9.80 Å². The molecule has 2 N–H and O–H groups in total. The van der Waals surface area contributed by atoms with Gasteiger partial charge in [0.05, 0.1) is 0 Å². The van der Waals surface area contributed by atoms with Crippen LogP contribution in [-0.4, -0.2) is 47.9 Å². The smallest absolute Gasteiger partial charge is 0.253 e. The summed E-state index contributed by atoms with van der Waals surface area (Å²) in [5, 5.41) is 0. The van der Waals surface area contributed by atoms with Crippen LogP contribution in [0.25, 0.3) is 0 Å². The SMILES string of the molecule is N[C@H]1CCN(C(=O)c2cccc(CN3CCCC3)c2)C1. The third-order valence-electron chi connectivity index (χ3n) is 4.29. The minimum atomic E-state index is 0.126. The highest BCUT2D eigenvalue weighted by Crippen LogP contribution is 2.16. The summed E-state index contributed by atoms with van der Waals surface area (Å²) in [5.41, 5.74) is 7.92. The van der Waals surface area contributed by atoms with Crippen molar-refractivity contribution in [3.8, 4) is 0 Å². The Kier molecular flexibility index (Phi) is 4.03. The Bertz CT molecular complexity index is 482. The molecular weight excluding hydrogens is 250 g/mol. The molecular formula is C16H23N3O.